The summed E-state index contributed by atoms with van der Waals surface area (Å²) in [5.41, 5.74) is 0. The minimum absolute atomic E-state index is 0.0301. The van der Waals surface area contributed by atoms with Gasteiger partial charge >= 0.3 is 5.97 Å². The van der Waals surface area contributed by atoms with Gasteiger partial charge in [-0.25, -0.2) is 13.1 Å². The number of aliphatic carboxylic acids is 1. The van der Waals surface area contributed by atoms with E-state index in [1.807, 2.05) is 0 Å². The van der Waals surface area contributed by atoms with Gasteiger partial charge in [-0.15, -0.1) is 0 Å². The lowest BCUT2D eigenvalue weighted by Gasteiger charge is -2.07. The summed E-state index contributed by atoms with van der Waals surface area (Å²) < 4.78 is 25.3. The third kappa shape index (κ3) is 4.70. The number of nitrogens with one attached hydrogen (secondary N) is 1. The van der Waals surface area contributed by atoms with Crippen molar-refractivity contribution < 1.29 is 23.1 Å². The Morgan fingerprint density at radius 3 is 2.32 bits per heavy atom. The normalized spacial score (nSPS) is 11.1. The summed E-state index contributed by atoms with van der Waals surface area (Å²) >= 11 is 11.3. The van der Waals surface area contributed by atoms with Gasteiger partial charge in [0.1, 0.15) is 0 Å². The van der Waals surface area contributed by atoms with Crippen molar-refractivity contribution in [1.82, 2.24) is 4.72 Å². The van der Waals surface area contributed by atoms with E-state index in [4.69, 9.17) is 28.3 Å². The summed E-state index contributed by atoms with van der Waals surface area (Å²) in [7, 11) is -4.08. The summed E-state index contributed by atoms with van der Waals surface area (Å²) in [5, 5.41) is 8.59. The molecule has 0 spiro atoms. The minimum Gasteiger partial charge on any atom is -0.481 e. The van der Waals surface area contributed by atoms with Crippen molar-refractivity contribution in [2.45, 2.75) is 17.7 Å². The number of benzene rings is 1. The predicted octanol–water partition coefficient (Wildman–Crippen LogP) is 1.66. The van der Waals surface area contributed by atoms with Crippen LogP contribution in [-0.2, 0) is 19.6 Å². The van der Waals surface area contributed by atoms with Crippen molar-refractivity contribution >= 4 is 45.1 Å². The van der Waals surface area contributed by atoms with Gasteiger partial charge in [0.15, 0.2) is 0 Å². The Bertz CT molecular complexity index is 614. The van der Waals surface area contributed by atoms with Crippen LogP contribution < -0.4 is 4.72 Å². The number of halogens is 2. The zero-order valence-electron chi connectivity index (χ0n) is 9.39. The fraction of sp³-hybridized carbons (Fsp3) is 0.200. The number of hydrogen-bond acceptors (Lipinski definition) is 4. The van der Waals surface area contributed by atoms with Crippen LogP contribution in [0.15, 0.2) is 23.1 Å². The first-order chi connectivity index (χ1) is 8.72. The van der Waals surface area contributed by atoms with Crippen molar-refractivity contribution in [3.63, 3.8) is 0 Å². The largest absolute Gasteiger partial charge is 0.481 e. The van der Waals surface area contributed by atoms with Crippen LogP contribution in [0.4, 0.5) is 0 Å². The molecular formula is C10H9Cl2NO5S. The van der Waals surface area contributed by atoms with Gasteiger partial charge in [-0.3, -0.25) is 9.59 Å². The maximum atomic E-state index is 11.8. The highest BCUT2D eigenvalue weighted by atomic mass is 35.5. The molecule has 0 atom stereocenters. The van der Waals surface area contributed by atoms with Gasteiger partial charge in [-0.05, 0) is 18.2 Å². The first-order valence-corrected chi connectivity index (χ1v) is 7.19. The molecule has 0 fully saturated rings. The Labute approximate surface area is 119 Å². The van der Waals surface area contributed by atoms with Gasteiger partial charge in [0.2, 0.25) is 5.91 Å². The van der Waals surface area contributed by atoms with Crippen LogP contribution in [0.3, 0.4) is 0 Å². The lowest BCUT2D eigenvalue weighted by atomic mass is 10.3. The number of carboxylic acids is 1. The molecule has 6 nitrogen and oxygen atoms in total. The molecule has 0 aliphatic heterocycles. The first kappa shape index (κ1) is 15.7. The van der Waals surface area contributed by atoms with Crippen LogP contribution in [-0.4, -0.2) is 25.4 Å². The highest BCUT2D eigenvalue weighted by Gasteiger charge is 2.19. The molecule has 1 aromatic carbocycles. The van der Waals surface area contributed by atoms with E-state index in [-0.39, 0.29) is 14.9 Å². The van der Waals surface area contributed by atoms with Crippen LogP contribution in [0.25, 0.3) is 0 Å². The van der Waals surface area contributed by atoms with Crippen LogP contribution >= 0.6 is 23.2 Å². The molecule has 9 heteroatoms. The minimum atomic E-state index is -4.08. The molecule has 0 bridgehead atoms. The van der Waals surface area contributed by atoms with E-state index in [0.29, 0.717) is 0 Å². The van der Waals surface area contributed by atoms with Crippen LogP contribution in [0.5, 0.6) is 0 Å². The maximum absolute atomic E-state index is 11.8. The monoisotopic (exact) mass is 325 g/mol. The zero-order chi connectivity index (χ0) is 14.6. The van der Waals surface area contributed by atoms with E-state index < -0.39 is 34.7 Å². The molecule has 2 N–H and O–H groups in total. The van der Waals surface area contributed by atoms with Crippen molar-refractivity contribution in [3.8, 4) is 0 Å². The van der Waals surface area contributed by atoms with Crippen LogP contribution in [0.1, 0.15) is 12.8 Å². The topological polar surface area (TPSA) is 101 Å². The number of carbonyl (C=O) groups excluding carboxylic acids is 1. The predicted molar refractivity (Wildman–Crippen MR) is 68.7 cm³/mol. The van der Waals surface area contributed by atoms with E-state index in [9.17, 15) is 18.0 Å². The average molecular weight is 326 g/mol. The van der Waals surface area contributed by atoms with E-state index in [2.05, 4.69) is 0 Å². The van der Waals surface area contributed by atoms with Crippen molar-refractivity contribution in [2.24, 2.45) is 0 Å². The molecule has 104 valence electrons. The highest BCUT2D eigenvalue weighted by molar-refractivity contribution is 7.90. The van der Waals surface area contributed by atoms with Crippen LogP contribution in [0.2, 0.25) is 10.0 Å². The smallest absolute Gasteiger partial charge is 0.303 e. The SMILES string of the molecule is O=C(O)CCC(=O)NS(=O)(=O)c1ccc(Cl)c(Cl)c1. The van der Waals surface area contributed by atoms with E-state index >= 15 is 0 Å². The molecule has 0 saturated carbocycles. The fourth-order valence-corrected chi connectivity index (χ4v) is 2.53. The first-order valence-electron chi connectivity index (χ1n) is 4.95. The molecule has 1 aromatic rings. The Morgan fingerprint density at radius 2 is 1.79 bits per heavy atom. The number of carbonyl (C=O) groups is 2. The summed E-state index contributed by atoms with van der Waals surface area (Å²) in [4.78, 5) is 21.3. The van der Waals surface area contributed by atoms with Gasteiger partial charge in [0.25, 0.3) is 10.0 Å². The standard InChI is InChI=1S/C10H9Cl2NO5S/c11-7-2-1-6(5-8(7)12)19(17,18)13-9(14)3-4-10(15)16/h1-2,5H,3-4H2,(H,13,14)(H,15,16). The quantitative estimate of drug-likeness (QED) is 0.857. The van der Waals surface area contributed by atoms with Gasteiger partial charge in [0.05, 0.1) is 21.4 Å². The average Bonchev–Trinajstić information content (AvgIpc) is 2.29. The van der Waals surface area contributed by atoms with Crippen molar-refractivity contribution in [1.29, 1.82) is 0 Å². The molecule has 0 aromatic heterocycles. The lowest BCUT2D eigenvalue weighted by Crippen LogP contribution is -2.30. The fourth-order valence-electron chi connectivity index (χ4n) is 1.12. The van der Waals surface area contributed by atoms with Gasteiger partial charge in [-0.1, -0.05) is 23.2 Å². The number of hydrogen-bond donors (Lipinski definition) is 2. The number of sulfonamides is 1. The molecule has 0 aliphatic carbocycles. The molecular weight excluding hydrogens is 317 g/mol. The molecule has 0 unspecified atom stereocenters. The van der Waals surface area contributed by atoms with Crippen LogP contribution in [0, 0.1) is 0 Å². The highest BCUT2D eigenvalue weighted by Crippen LogP contribution is 2.24. The second-order valence-corrected chi connectivity index (χ2v) is 6.00. The Kier molecular flexibility index (Phi) is 5.16. The van der Waals surface area contributed by atoms with E-state index in [0.717, 1.165) is 6.07 Å². The van der Waals surface area contributed by atoms with Gasteiger partial charge < -0.3 is 5.11 Å². The molecule has 1 amide bonds. The number of amides is 1. The molecule has 1 rings (SSSR count). The zero-order valence-corrected chi connectivity index (χ0v) is 11.7. The van der Waals surface area contributed by atoms with Crippen molar-refractivity contribution in [2.75, 3.05) is 0 Å². The lowest BCUT2D eigenvalue weighted by molar-refractivity contribution is -0.138. The number of carboxylic acid groups (broad SMARTS) is 1. The Morgan fingerprint density at radius 1 is 1.16 bits per heavy atom. The molecule has 19 heavy (non-hydrogen) atoms. The number of rotatable bonds is 5. The molecule has 0 saturated heterocycles. The van der Waals surface area contributed by atoms with E-state index in [1.54, 1.807) is 4.72 Å². The van der Waals surface area contributed by atoms with Gasteiger partial charge in [-0.2, -0.15) is 0 Å². The summed E-state index contributed by atoms with van der Waals surface area (Å²) in [6, 6.07) is 3.55. The van der Waals surface area contributed by atoms with Crippen molar-refractivity contribution in [3.05, 3.63) is 28.2 Å². The second kappa shape index (κ2) is 6.23. The third-order valence-corrected chi connectivity index (χ3v) is 4.13. The molecule has 0 radical (unpaired) electrons. The second-order valence-electron chi connectivity index (χ2n) is 3.50. The Hall–Kier alpha value is -1.31. The third-order valence-electron chi connectivity index (χ3n) is 2.02. The molecule has 0 aliphatic rings. The summed E-state index contributed by atoms with van der Waals surface area (Å²) in [6.07, 6.45) is -0.890. The Balaban J connectivity index is 2.83. The maximum Gasteiger partial charge on any atom is 0.303 e. The summed E-state index contributed by atoms with van der Waals surface area (Å²) in [6.45, 7) is 0. The van der Waals surface area contributed by atoms with Gasteiger partial charge in [0, 0.05) is 6.42 Å². The summed E-state index contributed by atoms with van der Waals surface area (Å²) in [5.74, 6) is -2.10. The van der Waals surface area contributed by atoms with E-state index in [1.165, 1.54) is 12.1 Å². The molecule has 0 heterocycles.